The van der Waals surface area contributed by atoms with E-state index in [9.17, 15) is 9.59 Å². The standard InChI is InChI=1S/C19H24N4O2.ClH/c1-2-9-23(16-12-22-10-7-13(16)8-11-22)19(25)17-18(24)14-5-3-4-6-15(14)20-21-17;/h3-6,13,16H,2,7-12H2,1H3,(H,20,24);1H. The molecule has 140 valence electrons. The fraction of sp³-hybridized carbons (Fsp3) is 0.526. The van der Waals surface area contributed by atoms with Crippen LogP contribution in [0.15, 0.2) is 29.1 Å². The summed E-state index contributed by atoms with van der Waals surface area (Å²) in [5.41, 5.74) is 0.402. The second kappa shape index (κ2) is 7.76. The molecule has 1 N–H and O–H groups in total. The molecule has 3 aliphatic rings. The topological polar surface area (TPSA) is 69.3 Å². The van der Waals surface area contributed by atoms with E-state index in [1.54, 1.807) is 12.1 Å². The number of H-pyrrole nitrogens is 1. The number of nitrogens with one attached hydrogen (secondary N) is 1. The summed E-state index contributed by atoms with van der Waals surface area (Å²) in [6.45, 7) is 5.91. The van der Waals surface area contributed by atoms with Gasteiger partial charge in [0.2, 0.25) is 5.43 Å². The molecule has 1 aromatic heterocycles. The Hall–Kier alpha value is -1.92. The number of piperidine rings is 3. The number of carbonyl (C=O) groups excluding carboxylic acids is 1. The van der Waals surface area contributed by atoms with Crippen molar-refractivity contribution in [2.45, 2.75) is 32.2 Å². The Kier molecular flexibility index (Phi) is 5.63. The van der Waals surface area contributed by atoms with Gasteiger partial charge in [0.1, 0.15) is 0 Å². The van der Waals surface area contributed by atoms with E-state index in [2.05, 4.69) is 22.0 Å². The fourth-order valence-electron chi connectivity index (χ4n) is 4.30. The average Bonchev–Trinajstić information content (AvgIpc) is 2.67. The lowest BCUT2D eigenvalue weighted by Crippen LogP contribution is -2.59. The number of aromatic nitrogens is 2. The van der Waals surface area contributed by atoms with Crippen LogP contribution in [-0.2, 0) is 0 Å². The summed E-state index contributed by atoms with van der Waals surface area (Å²) in [5.74, 6) is 0.313. The quantitative estimate of drug-likeness (QED) is 0.888. The number of aromatic amines is 1. The van der Waals surface area contributed by atoms with Gasteiger partial charge in [-0.2, -0.15) is 5.10 Å². The highest BCUT2D eigenvalue weighted by Gasteiger charge is 2.40. The van der Waals surface area contributed by atoms with Crippen molar-refractivity contribution < 1.29 is 4.79 Å². The van der Waals surface area contributed by atoms with E-state index in [-0.39, 0.29) is 35.5 Å². The molecule has 0 saturated carbocycles. The predicted octanol–water partition coefficient (Wildman–Crippen LogP) is 2.29. The van der Waals surface area contributed by atoms with E-state index in [1.165, 1.54) is 0 Å². The second-order valence-electron chi connectivity index (χ2n) is 7.15. The molecule has 3 aliphatic heterocycles. The summed E-state index contributed by atoms with van der Waals surface area (Å²) in [7, 11) is 0. The zero-order valence-electron chi connectivity index (χ0n) is 15.0. The third-order valence-corrected chi connectivity index (χ3v) is 5.62. The summed E-state index contributed by atoms with van der Waals surface area (Å²) in [6, 6.07) is 7.39. The molecule has 4 heterocycles. The number of hydrogen-bond donors (Lipinski definition) is 1. The minimum Gasteiger partial charge on any atom is -0.333 e. The number of carbonyl (C=O) groups is 1. The zero-order chi connectivity index (χ0) is 17.4. The summed E-state index contributed by atoms with van der Waals surface area (Å²) in [6.07, 6.45) is 3.15. The third-order valence-electron chi connectivity index (χ3n) is 5.62. The molecular weight excluding hydrogens is 352 g/mol. The van der Waals surface area contributed by atoms with Crippen LogP contribution in [0, 0.1) is 5.92 Å². The summed E-state index contributed by atoms with van der Waals surface area (Å²) < 4.78 is 0. The Labute approximate surface area is 159 Å². The average molecular weight is 377 g/mol. The molecule has 1 unspecified atom stereocenters. The SMILES string of the molecule is CCCN(C(=O)c1n[nH]c2ccccc2c1=O)C1CN2CCC1CC2.Cl. The van der Waals surface area contributed by atoms with Gasteiger partial charge >= 0.3 is 0 Å². The van der Waals surface area contributed by atoms with Gasteiger partial charge in [0.25, 0.3) is 5.91 Å². The van der Waals surface area contributed by atoms with Crippen LogP contribution in [0.3, 0.4) is 0 Å². The molecule has 0 radical (unpaired) electrons. The predicted molar refractivity (Wildman–Crippen MR) is 104 cm³/mol. The van der Waals surface area contributed by atoms with Crippen molar-refractivity contribution >= 4 is 29.2 Å². The molecule has 3 fully saturated rings. The van der Waals surface area contributed by atoms with E-state index in [4.69, 9.17) is 0 Å². The van der Waals surface area contributed by atoms with Crippen LogP contribution in [0.25, 0.3) is 10.9 Å². The van der Waals surface area contributed by atoms with Crippen LogP contribution < -0.4 is 5.43 Å². The van der Waals surface area contributed by atoms with Crippen LogP contribution in [0.4, 0.5) is 0 Å². The van der Waals surface area contributed by atoms with Crippen molar-refractivity contribution in [3.63, 3.8) is 0 Å². The maximum atomic E-state index is 13.2. The largest absolute Gasteiger partial charge is 0.333 e. The van der Waals surface area contributed by atoms with Crippen LogP contribution in [-0.4, -0.2) is 58.1 Å². The Bertz CT molecular complexity index is 845. The Morgan fingerprint density at radius 2 is 2.04 bits per heavy atom. The van der Waals surface area contributed by atoms with Gasteiger partial charge in [0.05, 0.1) is 5.52 Å². The summed E-state index contributed by atoms with van der Waals surface area (Å²) in [5, 5.41) is 7.51. The summed E-state index contributed by atoms with van der Waals surface area (Å²) >= 11 is 0. The number of amides is 1. The molecule has 0 aliphatic carbocycles. The van der Waals surface area contributed by atoms with Crippen molar-refractivity contribution in [1.29, 1.82) is 0 Å². The molecule has 1 atom stereocenters. The van der Waals surface area contributed by atoms with Crippen LogP contribution in [0.2, 0.25) is 0 Å². The van der Waals surface area contributed by atoms with Crippen LogP contribution >= 0.6 is 12.4 Å². The smallest absolute Gasteiger partial charge is 0.278 e. The molecule has 26 heavy (non-hydrogen) atoms. The van der Waals surface area contributed by atoms with Crippen LogP contribution in [0.5, 0.6) is 0 Å². The van der Waals surface area contributed by atoms with Crippen molar-refractivity contribution in [2.24, 2.45) is 5.92 Å². The molecule has 6 nitrogen and oxygen atoms in total. The van der Waals surface area contributed by atoms with Crippen molar-refractivity contribution in [3.8, 4) is 0 Å². The molecule has 0 spiro atoms. The van der Waals surface area contributed by atoms with Crippen molar-refractivity contribution in [1.82, 2.24) is 20.0 Å². The number of para-hydroxylation sites is 1. The van der Waals surface area contributed by atoms with Gasteiger partial charge in [-0.1, -0.05) is 19.1 Å². The van der Waals surface area contributed by atoms with E-state index in [0.717, 1.165) is 38.9 Å². The highest BCUT2D eigenvalue weighted by Crippen LogP contribution is 2.31. The monoisotopic (exact) mass is 376 g/mol. The van der Waals surface area contributed by atoms with Crippen LogP contribution in [0.1, 0.15) is 36.7 Å². The lowest BCUT2D eigenvalue weighted by atomic mass is 9.83. The lowest BCUT2D eigenvalue weighted by molar-refractivity contribution is 0.00706. The first-order valence-electron chi connectivity index (χ1n) is 9.19. The number of fused-ring (bicyclic) bond motifs is 4. The number of benzene rings is 1. The first-order valence-corrected chi connectivity index (χ1v) is 9.19. The molecular formula is C19H25ClN4O2. The fourth-order valence-corrected chi connectivity index (χ4v) is 4.30. The lowest BCUT2D eigenvalue weighted by Gasteiger charge is -2.49. The van der Waals surface area contributed by atoms with Gasteiger partial charge in [-0.15, -0.1) is 12.4 Å². The molecule has 5 rings (SSSR count). The Morgan fingerprint density at radius 1 is 1.31 bits per heavy atom. The molecule has 1 aromatic carbocycles. The van der Waals surface area contributed by atoms with Gasteiger partial charge in [-0.25, -0.2) is 0 Å². The van der Waals surface area contributed by atoms with Gasteiger partial charge in [0.15, 0.2) is 5.69 Å². The van der Waals surface area contributed by atoms with E-state index in [0.29, 0.717) is 23.4 Å². The number of halogens is 1. The number of nitrogens with zero attached hydrogens (tertiary/aromatic N) is 3. The number of hydrogen-bond acceptors (Lipinski definition) is 4. The second-order valence-corrected chi connectivity index (χ2v) is 7.15. The molecule has 2 aromatic rings. The Balaban J connectivity index is 0.00000196. The highest BCUT2D eigenvalue weighted by atomic mass is 35.5. The first kappa shape index (κ1) is 18.9. The third kappa shape index (κ3) is 3.23. The maximum Gasteiger partial charge on any atom is 0.278 e. The van der Waals surface area contributed by atoms with Gasteiger partial charge in [0, 0.05) is 24.5 Å². The summed E-state index contributed by atoms with van der Waals surface area (Å²) in [4.78, 5) is 30.3. The van der Waals surface area contributed by atoms with Gasteiger partial charge < -0.3 is 9.80 Å². The minimum absolute atomic E-state index is 0. The maximum absolute atomic E-state index is 13.2. The Morgan fingerprint density at radius 3 is 2.69 bits per heavy atom. The molecule has 3 saturated heterocycles. The normalized spacial score (nSPS) is 24.3. The molecule has 1 amide bonds. The highest BCUT2D eigenvalue weighted by molar-refractivity contribution is 5.95. The zero-order valence-corrected chi connectivity index (χ0v) is 15.8. The first-order chi connectivity index (χ1) is 12.2. The molecule has 7 heteroatoms. The van der Waals surface area contributed by atoms with Crippen molar-refractivity contribution in [3.05, 3.63) is 40.2 Å². The van der Waals surface area contributed by atoms with E-state index >= 15 is 0 Å². The van der Waals surface area contributed by atoms with Crippen molar-refractivity contribution in [2.75, 3.05) is 26.2 Å². The molecule has 2 bridgehead atoms. The van der Waals surface area contributed by atoms with Gasteiger partial charge in [-0.05, 0) is 50.4 Å². The van der Waals surface area contributed by atoms with E-state index < -0.39 is 0 Å². The number of rotatable bonds is 4. The van der Waals surface area contributed by atoms with E-state index in [1.807, 2.05) is 17.0 Å². The minimum atomic E-state index is -0.276. The van der Waals surface area contributed by atoms with Gasteiger partial charge in [-0.3, -0.25) is 14.7 Å².